The molecule has 0 heterocycles. The molecule has 6 aromatic carbocycles. The topological polar surface area (TPSA) is 0 Å². The molecule has 0 saturated heterocycles. The molecule has 0 fully saturated rings. The molecule has 6 aromatic rings. The molecule has 2 aliphatic rings. The van der Waals surface area contributed by atoms with Gasteiger partial charge in [0.1, 0.15) is 0 Å². The molecule has 0 heteroatoms. The largest absolute Gasteiger partial charge is 0.0639 e. The summed E-state index contributed by atoms with van der Waals surface area (Å²) in [5, 5.41) is 0. The second-order valence-electron chi connectivity index (χ2n) is 16.7. The fourth-order valence-corrected chi connectivity index (χ4v) is 9.06. The summed E-state index contributed by atoms with van der Waals surface area (Å²) in [4.78, 5) is 0. The number of hydrogen-bond donors (Lipinski definition) is 0. The Hall–Kier alpha value is -4.94. The summed E-state index contributed by atoms with van der Waals surface area (Å²) in [6.45, 7) is 16.4. The molecular weight excluding hydrogens is 601 g/mol. The third-order valence-corrected chi connectivity index (χ3v) is 11.5. The molecule has 0 radical (unpaired) electrons. The Morgan fingerprint density at radius 2 is 0.880 bits per heavy atom. The van der Waals surface area contributed by atoms with Crippen molar-refractivity contribution in [2.75, 3.05) is 0 Å². The number of benzene rings is 6. The predicted molar refractivity (Wildman–Crippen MR) is 213 cm³/mol. The van der Waals surface area contributed by atoms with Crippen molar-refractivity contribution in [1.82, 2.24) is 0 Å². The fraction of sp³-hybridized carbons (Fsp3) is 0.240. The molecular formula is C50H48. The van der Waals surface area contributed by atoms with Crippen LogP contribution in [0.15, 0.2) is 151 Å². The maximum Gasteiger partial charge on any atom is 0.0418 e. The summed E-state index contributed by atoms with van der Waals surface area (Å²) in [5.41, 5.74) is 17.3. The van der Waals surface area contributed by atoms with E-state index >= 15 is 0 Å². The second-order valence-corrected chi connectivity index (χ2v) is 16.7. The first kappa shape index (κ1) is 32.3. The zero-order valence-corrected chi connectivity index (χ0v) is 30.6. The summed E-state index contributed by atoms with van der Waals surface area (Å²) < 4.78 is 0. The number of fused-ring (bicyclic) bond motifs is 4. The molecule has 0 nitrogen and oxygen atoms in total. The summed E-state index contributed by atoms with van der Waals surface area (Å²) in [6, 6.07) is 55.7. The van der Waals surface area contributed by atoms with Crippen LogP contribution in [0, 0.1) is 0 Å². The summed E-state index contributed by atoms with van der Waals surface area (Å²) in [5.74, 6) is 0.174. The lowest BCUT2D eigenvalue weighted by Crippen LogP contribution is -2.41. The number of allylic oxidation sites excluding steroid dienone is 1. The van der Waals surface area contributed by atoms with E-state index in [0.717, 1.165) is 0 Å². The van der Waals surface area contributed by atoms with E-state index in [4.69, 9.17) is 0 Å². The van der Waals surface area contributed by atoms with E-state index in [9.17, 15) is 0 Å². The highest BCUT2D eigenvalue weighted by Crippen LogP contribution is 2.65. The van der Waals surface area contributed by atoms with E-state index in [2.05, 4.69) is 200 Å². The van der Waals surface area contributed by atoms with Crippen LogP contribution in [-0.4, -0.2) is 0 Å². The fourth-order valence-electron chi connectivity index (χ4n) is 9.06. The van der Waals surface area contributed by atoms with Crippen molar-refractivity contribution < 1.29 is 0 Å². The van der Waals surface area contributed by atoms with Gasteiger partial charge in [0.15, 0.2) is 0 Å². The molecule has 2 aliphatic carbocycles. The first-order valence-corrected chi connectivity index (χ1v) is 18.3. The van der Waals surface area contributed by atoms with Crippen molar-refractivity contribution in [2.45, 2.75) is 76.5 Å². The Kier molecular flexibility index (Phi) is 7.64. The van der Waals surface area contributed by atoms with Gasteiger partial charge >= 0.3 is 0 Å². The van der Waals surface area contributed by atoms with Crippen molar-refractivity contribution in [1.29, 1.82) is 0 Å². The van der Waals surface area contributed by atoms with Gasteiger partial charge in [-0.2, -0.15) is 0 Å². The van der Waals surface area contributed by atoms with Crippen LogP contribution >= 0.6 is 0 Å². The molecule has 0 saturated carbocycles. The van der Waals surface area contributed by atoms with E-state index in [0.29, 0.717) is 0 Å². The Morgan fingerprint density at radius 3 is 1.36 bits per heavy atom. The van der Waals surface area contributed by atoms with Crippen molar-refractivity contribution >= 4 is 6.08 Å². The smallest absolute Gasteiger partial charge is 0.0418 e. The van der Waals surface area contributed by atoms with E-state index in [1.807, 2.05) is 0 Å². The average molecular weight is 649 g/mol. The zero-order valence-electron chi connectivity index (χ0n) is 30.6. The Morgan fingerprint density at radius 1 is 0.400 bits per heavy atom. The van der Waals surface area contributed by atoms with Crippen molar-refractivity contribution in [2.24, 2.45) is 0 Å². The monoisotopic (exact) mass is 648 g/mol. The van der Waals surface area contributed by atoms with Gasteiger partial charge in [0.25, 0.3) is 0 Å². The molecule has 1 atom stereocenters. The van der Waals surface area contributed by atoms with Gasteiger partial charge in [-0.1, -0.05) is 193 Å². The summed E-state index contributed by atoms with van der Waals surface area (Å²) >= 11 is 0. The van der Waals surface area contributed by atoms with Crippen LogP contribution in [0.4, 0.5) is 0 Å². The van der Waals surface area contributed by atoms with Crippen LogP contribution in [-0.2, 0) is 16.2 Å². The molecule has 0 aromatic heterocycles. The van der Waals surface area contributed by atoms with E-state index in [1.54, 1.807) is 0 Å². The van der Waals surface area contributed by atoms with Crippen LogP contribution in [0.1, 0.15) is 105 Å². The SMILES string of the molecule is CC1=Cc2ccc(-c3ccccc3)cc2C1C(c1ccccc1)(c1ccccc1)C1c2cc(C(C)(C)C)ccc2-c2ccc(C(C)(C)C)cc21. The molecule has 0 aliphatic heterocycles. The summed E-state index contributed by atoms with van der Waals surface area (Å²) in [6.07, 6.45) is 2.46. The van der Waals surface area contributed by atoms with Gasteiger partial charge in [0.05, 0.1) is 0 Å². The Bertz CT molecular complexity index is 2120. The van der Waals surface area contributed by atoms with Crippen molar-refractivity contribution in [3.05, 3.63) is 196 Å². The first-order valence-electron chi connectivity index (χ1n) is 18.3. The molecule has 8 rings (SSSR count). The summed E-state index contributed by atoms with van der Waals surface area (Å²) in [7, 11) is 0. The second kappa shape index (κ2) is 11.8. The highest BCUT2D eigenvalue weighted by molar-refractivity contribution is 5.83. The highest BCUT2D eigenvalue weighted by atomic mass is 14.6. The van der Waals surface area contributed by atoms with Gasteiger partial charge in [-0.25, -0.2) is 0 Å². The minimum absolute atomic E-state index is 0.0213. The van der Waals surface area contributed by atoms with Crippen molar-refractivity contribution in [3.63, 3.8) is 0 Å². The Labute approximate surface area is 299 Å². The van der Waals surface area contributed by atoms with Crippen LogP contribution in [0.25, 0.3) is 28.3 Å². The van der Waals surface area contributed by atoms with Crippen molar-refractivity contribution in [3.8, 4) is 22.3 Å². The zero-order chi connectivity index (χ0) is 34.8. The van der Waals surface area contributed by atoms with Crippen LogP contribution in [0.3, 0.4) is 0 Å². The van der Waals surface area contributed by atoms with E-state index in [1.165, 1.54) is 72.3 Å². The third-order valence-electron chi connectivity index (χ3n) is 11.5. The molecule has 248 valence electrons. The minimum atomic E-state index is -0.448. The van der Waals surface area contributed by atoms with Crippen LogP contribution in [0.2, 0.25) is 0 Å². The molecule has 50 heavy (non-hydrogen) atoms. The molecule has 0 N–H and O–H groups in total. The number of hydrogen-bond acceptors (Lipinski definition) is 0. The maximum absolute atomic E-state index is 2.56. The molecule has 1 unspecified atom stereocenters. The predicted octanol–water partition coefficient (Wildman–Crippen LogP) is 13.2. The van der Waals surface area contributed by atoms with Crippen LogP contribution < -0.4 is 0 Å². The normalized spacial score (nSPS) is 15.7. The lowest BCUT2D eigenvalue weighted by atomic mass is 9.54. The quantitative estimate of drug-likeness (QED) is 0.174. The highest BCUT2D eigenvalue weighted by Gasteiger charge is 2.55. The van der Waals surface area contributed by atoms with Gasteiger partial charge in [-0.05, 0) is 90.6 Å². The van der Waals surface area contributed by atoms with Gasteiger partial charge in [-0.15, -0.1) is 0 Å². The molecule has 0 amide bonds. The van der Waals surface area contributed by atoms with Gasteiger partial charge < -0.3 is 0 Å². The van der Waals surface area contributed by atoms with Crippen LogP contribution in [0.5, 0.6) is 0 Å². The maximum atomic E-state index is 2.56. The van der Waals surface area contributed by atoms with E-state index < -0.39 is 5.41 Å². The standard InChI is InChI=1S/C50H48/c1-33-29-36-24-23-35(34-17-11-8-12-18-34)30-43(36)46(33)50(37-19-13-9-14-20-37,38-21-15-10-16-22-38)47-44-31-39(48(2,3)4)25-27-41(44)42-28-26-40(32-45(42)47)49(5,6)7/h8-32,46-47H,1-7H3. The van der Waals surface area contributed by atoms with E-state index in [-0.39, 0.29) is 22.7 Å². The van der Waals surface area contributed by atoms with Gasteiger partial charge in [-0.3, -0.25) is 0 Å². The number of rotatable bonds is 5. The lowest BCUT2D eigenvalue weighted by molar-refractivity contribution is 0.404. The van der Waals surface area contributed by atoms with Gasteiger partial charge in [0.2, 0.25) is 0 Å². The minimum Gasteiger partial charge on any atom is -0.0639 e. The molecule has 0 spiro atoms. The average Bonchev–Trinajstić information content (AvgIpc) is 3.63. The lowest BCUT2D eigenvalue weighted by Gasteiger charge is -2.47. The third kappa shape index (κ3) is 5.11. The Balaban J connectivity index is 1.52. The molecule has 0 bridgehead atoms. The first-order chi connectivity index (χ1) is 24.0. The van der Waals surface area contributed by atoms with Gasteiger partial charge in [0, 0.05) is 17.3 Å².